The highest BCUT2D eigenvalue weighted by atomic mass is 14.5. The molecule has 0 aliphatic rings. The van der Waals surface area contributed by atoms with Crippen molar-refractivity contribution < 1.29 is 0 Å². The van der Waals surface area contributed by atoms with Gasteiger partial charge in [0.1, 0.15) is 0 Å². The van der Waals surface area contributed by atoms with Gasteiger partial charge in [0.05, 0.1) is 0 Å². The molecule has 1 atom stereocenters. The maximum Gasteiger partial charge on any atom is -0.00771 e. The minimum atomic E-state index is 0.231. The molecule has 0 fully saturated rings. The second-order valence-corrected chi connectivity index (χ2v) is 6.36. The van der Waals surface area contributed by atoms with Gasteiger partial charge in [0, 0.05) is 0 Å². The third-order valence-corrected chi connectivity index (χ3v) is 3.83. The van der Waals surface area contributed by atoms with Gasteiger partial charge in [-0.05, 0) is 60.8 Å². The average molecular weight is 247 g/mol. The van der Waals surface area contributed by atoms with Crippen LogP contribution in [0.2, 0.25) is 0 Å². The summed E-state index contributed by atoms with van der Waals surface area (Å²) in [5.74, 6) is 0.663. The van der Waals surface area contributed by atoms with E-state index in [1.165, 1.54) is 29.5 Å². The van der Waals surface area contributed by atoms with Crippen molar-refractivity contribution in [3.05, 3.63) is 34.9 Å². The first-order valence-corrected chi connectivity index (χ1v) is 7.21. The third kappa shape index (κ3) is 3.84. The monoisotopic (exact) mass is 247 g/mol. The molecule has 2 N–H and O–H groups in total. The van der Waals surface area contributed by atoms with Crippen LogP contribution >= 0.6 is 0 Å². The van der Waals surface area contributed by atoms with E-state index in [1.807, 2.05) is 0 Å². The lowest BCUT2D eigenvalue weighted by Crippen LogP contribution is -2.13. The maximum atomic E-state index is 5.65. The Balaban J connectivity index is 3.05. The van der Waals surface area contributed by atoms with E-state index in [9.17, 15) is 0 Å². The first-order chi connectivity index (χ1) is 8.40. The van der Waals surface area contributed by atoms with Crippen LogP contribution in [0, 0.1) is 6.92 Å². The number of nitrogens with two attached hydrogens (primary N) is 1. The lowest BCUT2D eigenvalue weighted by molar-refractivity contribution is 0.565. The lowest BCUT2D eigenvalue weighted by atomic mass is 9.81. The molecule has 0 aromatic heterocycles. The molecule has 18 heavy (non-hydrogen) atoms. The Morgan fingerprint density at radius 2 is 1.89 bits per heavy atom. The Morgan fingerprint density at radius 3 is 2.39 bits per heavy atom. The minimum absolute atomic E-state index is 0.231. The Labute approximate surface area is 113 Å². The maximum absolute atomic E-state index is 5.65. The molecule has 0 bridgehead atoms. The zero-order chi connectivity index (χ0) is 13.8. The molecule has 1 rings (SSSR count). The molecule has 1 nitrogen and oxygen atoms in total. The Bertz CT molecular complexity index is 374. The van der Waals surface area contributed by atoms with Gasteiger partial charge in [-0.2, -0.15) is 0 Å². The topological polar surface area (TPSA) is 26.0 Å². The summed E-state index contributed by atoms with van der Waals surface area (Å²) in [6.07, 6.45) is 3.54. The van der Waals surface area contributed by atoms with Crippen LogP contribution in [0.1, 0.15) is 69.6 Å². The van der Waals surface area contributed by atoms with Gasteiger partial charge in [-0.1, -0.05) is 45.9 Å². The van der Waals surface area contributed by atoms with Crippen LogP contribution in [-0.4, -0.2) is 6.54 Å². The zero-order valence-corrected chi connectivity index (χ0v) is 12.7. The first-order valence-electron chi connectivity index (χ1n) is 7.21. The second-order valence-electron chi connectivity index (χ2n) is 6.36. The summed E-state index contributed by atoms with van der Waals surface area (Å²) in [4.78, 5) is 0. The van der Waals surface area contributed by atoms with Crippen molar-refractivity contribution in [3.8, 4) is 0 Å². The summed E-state index contributed by atoms with van der Waals surface area (Å²) in [5, 5.41) is 0. The molecule has 0 radical (unpaired) electrons. The van der Waals surface area contributed by atoms with Crippen LogP contribution in [0.3, 0.4) is 0 Å². The summed E-state index contributed by atoms with van der Waals surface area (Å²) in [6, 6.07) is 6.97. The zero-order valence-electron chi connectivity index (χ0n) is 12.7. The quantitative estimate of drug-likeness (QED) is 0.813. The molecule has 0 heterocycles. The van der Waals surface area contributed by atoms with E-state index in [-0.39, 0.29) is 5.41 Å². The van der Waals surface area contributed by atoms with Gasteiger partial charge in [-0.25, -0.2) is 0 Å². The predicted octanol–water partition coefficient (Wildman–Crippen LogP) is 4.53. The van der Waals surface area contributed by atoms with E-state index < -0.39 is 0 Å². The highest BCUT2D eigenvalue weighted by molar-refractivity contribution is 5.36. The minimum Gasteiger partial charge on any atom is -0.330 e. The van der Waals surface area contributed by atoms with Gasteiger partial charge >= 0.3 is 0 Å². The van der Waals surface area contributed by atoms with Crippen LogP contribution in [0.5, 0.6) is 0 Å². The van der Waals surface area contributed by atoms with Crippen LogP contribution in [-0.2, 0) is 5.41 Å². The van der Waals surface area contributed by atoms with Crippen molar-refractivity contribution in [1.82, 2.24) is 0 Å². The van der Waals surface area contributed by atoms with Crippen LogP contribution < -0.4 is 5.73 Å². The van der Waals surface area contributed by atoms with E-state index in [1.54, 1.807) is 0 Å². The van der Waals surface area contributed by atoms with Crippen LogP contribution in [0.15, 0.2) is 18.2 Å². The van der Waals surface area contributed by atoms with Gasteiger partial charge in [0.15, 0.2) is 0 Å². The standard InChI is InChI=1S/C17H29N/c1-6-14(8-7-11-18)16-12-15(17(3,4)5)10-9-13(16)2/h9-10,12,14H,6-8,11,18H2,1-5H3. The molecule has 0 aliphatic heterocycles. The van der Waals surface area contributed by atoms with Crippen molar-refractivity contribution >= 4 is 0 Å². The third-order valence-electron chi connectivity index (χ3n) is 3.83. The molecule has 0 saturated carbocycles. The average Bonchev–Trinajstić information content (AvgIpc) is 2.30. The predicted molar refractivity (Wildman–Crippen MR) is 81.2 cm³/mol. The number of benzene rings is 1. The van der Waals surface area contributed by atoms with Crippen molar-refractivity contribution in [2.75, 3.05) is 6.54 Å². The highest BCUT2D eigenvalue weighted by Gasteiger charge is 2.17. The number of hydrogen-bond acceptors (Lipinski definition) is 1. The fourth-order valence-electron chi connectivity index (χ4n) is 2.49. The Morgan fingerprint density at radius 1 is 1.22 bits per heavy atom. The number of rotatable bonds is 5. The first kappa shape index (κ1) is 15.2. The molecule has 0 aliphatic carbocycles. The lowest BCUT2D eigenvalue weighted by Gasteiger charge is -2.24. The van der Waals surface area contributed by atoms with Gasteiger partial charge in [-0.15, -0.1) is 0 Å². The van der Waals surface area contributed by atoms with Crippen molar-refractivity contribution in [3.63, 3.8) is 0 Å². The van der Waals surface area contributed by atoms with E-state index >= 15 is 0 Å². The molecule has 1 heteroatoms. The smallest absolute Gasteiger partial charge is 0.00771 e. The summed E-state index contributed by atoms with van der Waals surface area (Å²) in [6.45, 7) is 12.2. The van der Waals surface area contributed by atoms with E-state index in [0.717, 1.165) is 13.0 Å². The summed E-state index contributed by atoms with van der Waals surface area (Å²) < 4.78 is 0. The number of hydrogen-bond donors (Lipinski definition) is 1. The van der Waals surface area contributed by atoms with Crippen molar-refractivity contribution in [2.45, 2.75) is 65.2 Å². The molecule has 102 valence electrons. The highest BCUT2D eigenvalue weighted by Crippen LogP contribution is 2.31. The Hall–Kier alpha value is -0.820. The molecule has 1 unspecified atom stereocenters. The largest absolute Gasteiger partial charge is 0.330 e. The fourth-order valence-corrected chi connectivity index (χ4v) is 2.49. The molecule has 0 spiro atoms. The summed E-state index contributed by atoms with van der Waals surface area (Å²) >= 11 is 0. The molecule has 0 saturated heterocycles. The normalized spacial score (nSPS) is 13.7. The summed E-state index contributed by atoms with van der Waals surface area (Å²) in [7, 11) is 0. The van der Waals surface area contributed by atoms with Gasteiger partial charge in [-0.3, -0.25) is 0 Å². The van der Waals surface area contributed by atoms with E-state index in [0.29, 0.717) is 5.92 Å². The molecule has 1 aromatic carbocycles. The molecule has 1 aromatic rings. The van der Waals surface area contributed by atoms with Gasteiger partial charge < -0.3 is 5.73 Å². The van der Waals surface area contributed by atoms with Crippen molar-refractivity contribution in [1.29, 1.82) is 0 Å². The Kier molecular flexibility index (Phi) is 5.40. The molecular formula is C17H29N. The fraction of sp³-hybridized carbons (Fsp3) is 0.647. The van der Waals surface area contributed by atoms with Crippen LogP contribution in [0.4, 0.5) is 0 Å². The van der Waals surface area contributed by atoms with Gasteiger partial charge in [0.2, 0.25) is 0 Å². The number of aryl methyl sites for hydroxylation is 1. The molecule has 0 amide bonds. The van der Waals surface area contributed by atoms with Gasteiger partial charge in [0.25, 0.3) is 0 Å². The van der Waals surface area contributed by atoms with Crippen molar-refractivity contribution in [2.24, 2.45) is 5.73 Å². The summed E-state index contributed by atoms with van der Waals surface area (Å²) in [5.41, 5.74) is 10.3. The SMILES string of the molecule is CCC(CCCN)c1cc(C(C)(C)C)ccc1C. The van der Waals surface area contributed by atoms with Crippen LogP contribution in [0.25, 0.3) is 0 Å². The second kappa shape index (κ2) is 6.38. The van der Waals surface area contributed by atoms with E-state index in [4.69, 9.17) is 5.73 Å². The van der Waals surface area contributed by atoms with E-state index in [2.05, 4.69) is 52.8 Å². The molecular weight excluding hydrogens is 218 g/mol.